The quantitative estimate of drug-likeness (QED) is 0.496. The Hall–Kier alpha value is -0.900. The van der Waals surface area contributed by atoms with Crippen LogP contribution in [0.2, 0.25) is 0 Å². The van der Waals surface area contributed by atoms with Crippen molar-refractivity contribution < 1.29 is 14.3 Å². The molecule has 1 spiro atoms. The van der Waals surface area contributed by atoms with Gasteiger partial charge in [0, 0.05) is 13.2 Å². The van der Waals surface area contributed by atoms with E-state index in [0.717, 1.165) is 0 Å². The maximum atomic E-state index is 11.4. The fourth-order valence-electron chi connectivity index (χ4n) is 1.85. The van der Waals surface area contributed by atoms with Crippen molar-refractivity contribution in [1.29, 1.82) is 0 Å². The van der Waals surface area contributed by atoms with Gasteiger partial charge in [0.1, 0.15) is 5.41 Å². The van der Waals surface area contributed by atoms with Crippen LogP contribution in [0.5, 0.6) is 0 Å². The summed E-state index contributed by atoms with van der Waals surface area (Å²) >= 11 is 0. The zero-order valence-electron chi connectivity index (χ0n) is 6.76. The van der Waals surface area contributed by atoms with Crippen molar-refractivity contribution >= 4 is 11.7 Å². The number of Topliss-reactive ketones (excluding diaryl/α,β-unsaturated/α-hetero) is 1. The largest absolute Gasteiger partial charge is 0.381 e. The van der Waals surface area contributed by atoms with Crippen LogP contribution in [0.15, 0.2) is 0 Å². The third-order valence-corrected chi connectivity index (χ3v) is 2.72. The van der Waals surface area contributed by atoms with Crippen molar-refractivity contribution in [3.63, 3.8) is 0 Å². The molecule has 2 saturated heterocycles. The van der Waals surface area contributed by atoms with Crippen LogP contribution in [0.25, 0.3) is 0 Å². The Morgan fingerprint density at radius 3 is 2.42 bits per heavy atom. The first-order valence-corrected chi connectivity index (χ1v) is 4.15. The predicted molar refractivity (Wildman–Crippen MR) is 40.5 cm³/mol. The minimum Gasteiger partial charge on any atom is -0.381 e. The number of hydrogen-bond donors (Lipinski definition) is 1. The molecule has 0 bridgehead atoms. The number of ether oxygens (including phenoxy) is 1. The summed E-state index contributed by atoms with van der Waals surface area (Å²) in [6, 6.07) is 0. The molecular formula is C8H11NO3. The third-order valence-electron chi connectivity index (χ3n) is 2.72. The molecule has 66 valence electrons. The molecule has 1 amide bonds. The third kappa shape index (κ3) is 0.876. The van der Waals surface area contributed by atoms with Gasteiger partial charge in [-0.05, 0) is 12.8 Å². The highest BCUT2D eigenvalue weighted by Gasteiger charge is 2.50. The molecule has 2 heterocycles. The minimum absolute atomic E-state index is 0.0378. The van der Waals surface area contributed by atoms with Crippen molar-refractivity contribution in [2.24, 2.45) is 5.41 Å². The van der Waals surface area contributed by atoms with Crippen molar-refractivity contribution in [2.75, 3.05) is 19.8 Å². The summed E-state index contributed by atoms with van der Waals surface area (Å²) in [4.78, 5) is 22.8. The first kappa shape index (κ1) is 7.73. The molecule has 2 aliphatic heterocycles. The number of carbonyl (C=O) groups is 2. The summed E-state index contributed by atoms with van der Waals surface area (Å²) < 4.78 is 5.12. The molecule has 0 aliphatic carbocycles. The summed E-state index contributed by atoms with van der Waals surface area (Å²) in [7, 11) is 0. The molecule has 0 aromatic heterocycles. The summed E-state index contributed by atoms with van der Waals surface area (Å²) in [6.07, 6.45) is 1.11. The molecule has 12 heavy (non-hydrogen) atoms. The molecule has 2 rings (SSSR count). The molecular weight excluding hydrogens is 158 g/mol. The maximum absolute atomic E-state index is 11.4. The number of amides is 1. The van der Waals surface area contributed by atoms with Gasteiger partial charge in [-0.15, -0.1) is 0 Å². The van der Waals surface area contributed by atoms with Gasteiger partial charge < -0.3 is 10.1 Å². The number of rotatable bonds is 0. The Bertz CT molecular complexity index is 212. The fourth-order valence-corrected chi connectivity index (χ4v) is 1.85. The van der Waals surface area contributed by atoms with E-state index >= 15 is 0 Å². The fraction of sp³-hybridized carbons (Fsp3) is 0.750. The van der Waals surface area contributed by atoms with E-state index in [1.54, 1.807) is 0 Å². The SMILES string of the molecule is O=C1CNC(=O)C12CCOCC2. The number of hydrogen-bond acceptors (Lipinski definition) is 3. The topological polar surface area (TPSA) is 55.4 Å². The van der Waals surface area contributed by atoms with E-state index in [1.807, 2.05) is 0 Å². The van der Waals surface area contributed by atoms with E-state index < -0.39 is 5.41 Å². The van der Waals surface area contributed by atoms with Crippen molar-refractivity contribution in [3.05, 3.63) is 0 Å². The highest BCUT2D eigenvalue weighted by molar-refractivity contribution is 6.12. The van der Waals surface area contributed by atoms with Crippen LogP contribution in [0, 0.1) is 5.41 Å². The van der Waals surface area contributed by atoms with Gasteiger partial charge in [0.2, 0.25) is 5.91 Å². The molecule has 2 aliphatic rings. The van der Waals surface area contributed by atoms with Crippen molar-refractivity contribution in [2.45, 2.75) is 12.8 Å². The molecule has 0 atom stereocenters. The Kier molecular flexibility index (Phi) is 1.65. The van der Waals surface area contributed by atoms with E-state index in [1.165, 1.54) is 0 Å². The van der Waals surface area contributed by atoms with Crippen LogP contribution in [0.1, 0.15) is 12.8 Å². The second-order valence-electron chi connectivity index (χ2n) is 3.30. The van der Waals surface area contributed by atoms with E-state index in [0.29, 0.717) is 26.1 Å². The molecule has 1 N–H and O–H groups in total. The van der Waals surface area contributed by atoms with Crippen LogP contribution in [-0.4, -0.2) is 31.4 Å². The zero-order chi connectivity index (χ0) is 8.60. The van der Waals surface area contributed by atoms with Gasteiger partial charge in [-0.2, -0.15) is 0 Å². The van der Waals surface area contributed by atoms with Gasteiger partial charge in [0.05, 0.1) is 6.54 Å². The number of carbonyl (C=O) groups excluding carboxylic acids is 2. The lowest BCUT2D eigenvalue weighted by molar-refractivity contribution is -0.141. The van der Waals surface area contributed by atoms with Crippen LogP contribution in [0.3, 0.4) is 0 Å². The second-order valence-corrected chi connectivity index (χ2v) is 3.30. The summed E-state index contributed by atoms with van der Waals surface area (Å²) in [5.41, 5.74) is -0.724. The number of nitrogens with one attached hydrogen (secondary N) is 1. The Morgan fingerprint density at radius 2 is 1.92 bits per heavy atom. The maximum Gasteiger partial charge on any atom is 0.234 e. The van der Waals surface area contributed by atoms with E-state index in [9.17, 15) is 9.59 Å². The van der Waals surface area contributed by atoms with Crippen LogP contribution in [-0.2, 0) is 14.3 Å². The smallest absolute Gasteiger partial charge is 0.234 e. The van der Waals surface area contributed by atoms with Crippen molar-refractivity contribution in [3.8, 4) is 0 Å². The Balaban J connectivity index is 2.26. The molecule has 0 aromatic carbocycles. The lowest BCUT2D eigenvalue weighted by Crippen LogP contribution is -2.40. The van der Waals surface area contributed by atoms with Gasteiger partial charge in [-0.3, -0.25) is 9.59 Å². The lowest BCUT2D eigenvalue weighted by Gasteiger charge is -2.28. The highest BCUT2D eigenvalue weighted by Crippen LogP contribution is 2.34. The van der Waals surface area contributed by atoms with Gasteiger partial charge in [-0.1, -0.05) is 0 Å². The Labute approximate surface area is 70.3 Å². The molecule has 4 heteroatoms. The van der Waals surface area contributed by atoms with Gasteiger partial charge >= 0.3 is 0 Å². The van der Waals surface area contributed by atoms with Crippen LogP contribution < -0.4 is 5.32 Å². The Morgan fingerprint density at radius 1 is 1.25 bits per heavy atom. The summed E-state index contributed by atoms with van der Waals surface area (Å²) in [6.45, 7) is 1.26. The first-order chi connectivity index (χ1) is 5.76. The summed E-state index contributed by atoms with van der Waals surface area (Å²) in [5.74, 6) is -0.0633. The van der Waals surface area contributed by atoms with E-state index in [4.69, 9.17) is 4.74 Å². The molecule has 0 radical (unpaired) electrons. The first-order valence-electron chi connectivity index (χ1n) is 4.15. The standard InChI is InChI=1S/C8H11NO3/c10-6-5-9-7(11)8(6)1-3-12-4-2-8/h1-5H2,(H,9,11). The highest BCUT2D eigenvalue weighted by atomic mass is 16.5. The predicted octanol–water partition coefficient (Wildman–Crippen LogP) is -0.518. The van der Waals surface area contributed by atoms with Gasteiger partial charge in [0.15, 0.2) is 5.78 Å². The summed E-state index contributed by atoms with van der Waals surface area (Å²) in [5, 5.41) is 2.59. The molecule has 0 unspecified atom stereocenters. The molecule has 2 fully saturated rings. The average Bonchev–Trinajstić information content (AvgIpc) is 2.36. The second kappa shape index (κ2) is 2.55. The zero-order valence-corrected chi connectivity index (χ0v) is 6.76. The molecule has 0 saturated carbocycles. The van der Waals surface area contributed by atoms with Crippen molar-refractivity contribution in [1.82, 2.24) is 5.32 Å². The van der Waals surface area contributed by atoms with E-state index in [2.05, 4.69) is 5.32 Å². The lowest BCUT2D eigenvalue weighted by atomic mass is 9.78. The monoisotopic (exact) mass is 169 g/mol. The van der Waals surface area contributed by atoms with Gasteiger partial charge in [0.25, 0.3) is 0 Å². The van der Waals surface area contributed by atoms with E-state index in [-0.39, 0.29) is 18.2 Å². The normalized spacial score (nSPS) is 27.7. The van der Waals surface area contributed by atoms with Crippen LogP contribution in [0.4, 0.5) is 0 Å². The minimum atomic E-state index is -0.724. The molecule has 4 nitrogen and oxygen atoms in total. The number of ketones is 1. The average molecular weight is 169 g/mol. The van der Waals surface area contributed by atoms with Crippen LogP contribution >= 0.6 is 0 Å². The molecule has 0 aromatic rings. The van der Waals surface area contributed by atoms with Gasteiger partial charge in [-0.25, -0.2) is 0 Å².